The Labute approximate surface area is 145 Å². The van der Waals surface area contributed by atoms with Gasteiger partial charge >= 0.3 is 0 Å². The van der Waals surface area contributed by atoms with E-state index >= 15 is 0 Å². The molecule has 6 heteroatoms. The van der Waals surface area contributed by atoms with Crippen LogP contribution >= 0.6 is 27.3 Å². The number of hydrogen-bond donors (Lipinski definition) is 0. The molecular formula is C17H11BrN4S. The minimum absolute atomic E-state index is 0.739. The molecule has 0 spiro atoms. The van der Waals surface area contributed by atoms with Crippen LogP contribution in [0.3, 0.4) is 0 Å². The van der Waals surface area contributed by atoms with Gasteiger partial charge in [0.05, 0.1) is 0 Å². The van der Waals surface area contributed by atoms with Crippen LogP contribution in [0.4, 0.5) is 0 Å². The minimum Gasteiger partial charge on any atom is -0.182 e. The van der Waals surface area contributed by atoms with Crippen LogP contribution in [0.25, 0.3) is 28.5 Å². The SMILES string of the molecule is Brc1ccccc1-c1nnc2sc(C=Cc3ccccc3)nn12. The Morgan fingerprint density at radius 1 is 0.913 bits per heavy atom. The molecule has 4 rings (SSSR count). The average Bonchev–Trinajstić information content (AvgIpc) is 3.15. The molecule has 0 N–H and O–H groups in total. The molecule has 0 bridgehead atoms. The first-order valence-corrected chi connectivity index (χ1v) is 8.62. The zero-order chi connectivity index (χ0) is 15.6. The van der Waals surface area contributed by atoms with Gasteiger partial charge in [-0.3, -0.25) is 0 Å². The Balaban J connectivity index is 1.73. The summed E-state index contributed by atoms with van der Waals surface area (Å²) in [5.74, 6) is 0.739. The summed E-state index contributed by atoms with van der Waals surface area (Å²) in [7, 11) is 0. The maximum atomic E-state index is 4.61. The first kappa shape index (κ1) is 14.3. The van der Waals surface area contributed by atoms with Gasteiger partial charge in [0, 0.05) is 10.0 Å². The highest BCUT2D eigenvalue weighted by atomic mass is 79.9. The second-order valence-corrected chi connectivity index (χ2v) is 6.72. The molecular weight excluding hydrogens is 372 g/mol. The van der Waals surface area contributed by atoms with Gasteiger partial charge in [0.25, 0.3) is 0 Å². The number of fused-ring (bicyclic) bond motifs is 1. The molecule has 2 heterocycles. The highest BCUT2D eigenvalue weighted by Gasteiger charge is 2.14. The van der Waals surface area contributed by atoms with E-state index in [9.17, 15) is 0 Å². The minimum atomic E-state index is 0.739. The van der Waals surface area contributed by atoms with Gasteiger partial charge < -0.3 is 0 Å². The van der Waals surface area contributed by atoms with E-state index in [4.69, 9.17) is 0 Å². The second kappa shape index (κ2) is 6.06. The second-order valence-electron chi connectivity index (χ2n) is 4.88. The molecule has 112 valence electrons. The molecule has 23 heavy (non-hydrogen) atoms. The predicted octanol–water partition coefficient (Wildman–Crippen LogP) is 4.79. The summed E-state index contributed by atoms with van der Waals surface area (Å²) < 4.78 is 2.76. The third kappa shape index (κ3) is 2.83. The standard InChI is InChI=1S/C17H11BrN4S/c18-14-9-5-4-8-13(14)16-19-20-17-22(16)21-15(23-17)11-10-12-6-2-1-3-7-12/h1-11H. The van der Waals surface area contributed by atoms with Crippen LogP contribution in [0.5, 0.6) is 0 Å². The number of rotatable bonds is 3. The van der Waals surface area contributed by atoms with E-state index in [0.29, 0.717) is 0 Å². The Kier molecular flexibility index (Phi) is 3.77. The van der Waals surface area contributed by atoms with Crippen LogP contribution in [-0.2, 0) is 0 Å². The van der Waals surface area contributed by atoms with Crippen molar-refractivity contribution in [1.29, 1.82) is 0 Å². The number of nitrogens with zero attached hydrogens (tertiary/aromatic N) is 4. The third-order valence-corrected chi connectivity index (χ3v) is 4.89. The highest BCUT2D eigenvalue weighted by molar-refractivity contribution is 9.10. The van der Waals surface area contributed by atoms with Gasteiger partial charge in [-0.05, 0) is 23.8 Å². The lowest BCUT2D eigenvalue weighted by Gasteiger charge is -1.99. The van der Waals surface area contributed by atoms with Crippen LogP contribution < -0.4 is 0 Å². The fourth-order valence-corrected chi connectivity index (χ4v) is 3.44. The van der Waals surface area contributed by atoms with Gasteiger partial charge in [0.1, 0.15) is 5.01 Å². The first-order valence-electron chi connectivity index (χ1n) is 7.01. The monoisotopic (exact) mass is 382 g/mol. The Morgan fingerprint density at radius 2 is 1.70 bits per heavy atom. The molecule has 0 unspecified atom stereocenters. The van der Waals surface area contributed by atoms with Crippen molar-refractivity contribution in [2.45, 2.75) is 0 Å². The van der Waals surface area contributed by atoms with Crippen LogP contribution in [0.15, 0.2) is 59.1 Å². The lowest BCUT2D eigenvalue weighted by Crippen LogP contribution is -1.91. The molecule has 0 atom stereocenters. The number of benzene rings is 2. The molecule has 0 aliphatic carbocycles. The summed E-state index contributed by atoms with van der Waals surface area (Å²) in [5.41, 5.74) is 2.12. The van der Waals surface area contributed by atoms with Crippen molar-refractivity contribution in [2.75, 3.05) is 0 Å². The van der Waals surface area contributed by atoms with Crippen molar-refractivity contribution in [1.82, 2.24) is 19.8 Å². The molecule has 2 aromatic carbocycles. The largest absolute Gasteiger partial charge is 0.235 e. The number of aromatic nitrogens is 4. The van der Waals surface area contributed by atoms with Gasteiger partial charge in [0.15, 0.2) is 5.82 Å². The van der Waals surface area contributed by atoms with E-state index in [2.05, 4.69) is 43.4 Å². The molecule has 0 aliphatic rings. The van der Waals surface area contributed by atoms with Gasteiger partial charge in [-0.25, -0.2) is 0 Å². The number of hydrogen-bond acceptors (Lipinski definition) is 4. The van der Waals surface area contributed by atoms with Crippen molar-refractivity contribution in [2.24, 2.45) is 0 Å². The smallest absolute Gasteiger partial charge is 0.182 e. The van der Waals surface area contributed by atoms with Crippen molar-refractivity contribution in [3.05, 3.63) is 69.6 Å². The van der Waals surface area contributed by atoms with Gasteiger partial charge in [-0.2, -0.15) is 9.61 Å². The lowest BCUT2D eigenvalue weighted by atomic mass is 10.2. The maximum Gasteiger partial charge on any atom is 0.235 e. The normalized spacial score (nSPS) is 11.5. The van der Waals surface area contributed by atoms with Crippen LogP contribution in [-0.4, -0.2) is 19.8 Å². The Bertz CT molecular complexity index is 988. The van der Waals surface area contributed by atoms with E-state index in [-0.39, 0.29) is 0 Å². The van der Waals surface area contributed by atoms with E-state index in [1.54, 1.807) is 4.52 Å². The molecule has 0 saturated carbocycles. The van der Waals surface area contributed by atoms with Crippen molar-refractivity contribution in [3.63, 3.8) is 0 Å². The van der Waals surface area contributed by atoms with Crippen LogP contribution in [0.1, 0.15) is 10.6 Å². The molecule has 0 aliphatic heterocycles. The van der Waals surface area contributed by atoms with Gasteiger partial charge in [-0.1, -0.05) is 75.8 Å². The molecule has 0 amide bonds. The van der Waals surface area contributed by atoms with Crippen molar-refractivity contribution in [3.8, 4) is 11.4 Å². The van der Waals surface area contributed by atoms with Crippen LogP contribution in [0, 0.1) is 0 Å². The van der Waals surface area contributed by atoms with Crippen molar-refractivity contribution >= 4 is 44.4 Å². The zero-order valence-corrected chi connectivity index (χ0v) is 14.3. The van der Waals surface area contributed by atoms with Crippen molar-refractivity contribution < 1.29 is 0 Å². The summed E-state index contributed by atoms with van der Waals surface area (Å²) in [6, 6.07) is 18.1. The van der Waals surface area contributed by atoms with Crippen LogP contribution in [0.2, 0.25) is 0 Å². The maximum absolute atomic E-state index is 4.61. The molecule has 0 radical (unpaired) electrons. The summed E-state index contributed by atoms with van der Waals surface area (Å²) in [6.07, 6.45) is 4.04. The van der Waals surface area contributed by atoms with E-state index in [1.165, 1.54) is 11.3 Å². The lowest BCUT2D eigenvalue weighted by molar-refractivity contribution is 0.959. The Morgan fingerprint density at radius 3 is 2.52 bits per heavy atom. The first-order chi connectivity index (χ1) is 11.3. The van der Waals surface area contributed by atoms with Gasteiger partial charge in [-0.15, -0.1) is 10.2 Å². The molecule has 4 nitrogen and oxygen atoms in total. The fourth-order valence-electron chi connectivity index (χ4n) is 2.24. The summed E-state index contributed by atoms with van der Waals surface area (Å²) in [4.78, 5) is 0.781. The molecule has 0 fully saturated rings. The van der Waals surface area contributed by atoms with E-state index in [0.717, 1.165) is 31.4 Å². The fraction of sp³-hybridized carbons (Fsp3) is 0. The quantitative estimate of drug-likeness (QED) is 0.511. The Hall–Kier alpha value is -2.31. The summed E-state index contributed by atoms with van der Waals surface area (Å²) >= 11 is 5.07. The third-order valence-electron chi connectivity index (χ3n) is 3.34. The van der Waals surface area contributed by atoms with E-state index in [1.807, 2.05) is 54.6 Å². The topological polar surface area (TPSA) is 43.1 Å². The summed E-state index contributed by atoms with van der Waals surface area (Å²) in [6.45, 7) is 0. The average molecular weight is 383 g/mol. The molecule has 0 saturated heterocycles. The van der Waals surface area contributed by atoms with Gasteiger partial charge in [0.2, 0.25) is 4.96 Å². The predicted molar refractivity (Wildman–Crippen MR) is 97.2 cm³/mol. The number of halogens is 1. The molecule has 4 aromatic rings. The molecule has 2 aromatic heterocycles. The summed E-state index contributed by atoms with van der Waals surface area (Å²) in [5, 5.41) is 14.0. The van der Waals surface area contributed by atoms with E-state index < -0.39 is 0 Å². The highest BCUT2D eigenvalue weighted by Crippen LogP contribution is 2.28. The zero-order valence-electron chi connectivity index (χ0n) is 11.9.